The van der Waals surface area contributed by atoms with Crippen LogP contribution in [-0.2, 0) is 11.2 Å². The van der Waals surface area contributed by atoms with E-state index in [4.69, 9.17) is 0 Å². The van der Waals surface area contributed by atoms with Gasteiger partial charge in [-0.1, -0.05) is 43.3 Å². The number of Topliss-reactive ketones (excluding diaryl/α,β-unsaturated/α-hetero) is 1. The lowest BCUT2D eigenvalue weighted by Crippen LogP contribution is -2.35. The topological polar surface area (TPSA) is 66.6 Å². The molecule has 2 aliphatic carbocycles. The number of benzene rings is 1. The maximum Gasteiger partial charge on any atom is 0.176 e. The smallest absolute Gasteiger partial charge is 0.176 e. The minimum absolute atomic E-state index is 0.0282. The molecule has 0 saturated heterocycles. The predicted molar refractivity (Wildman–Crippen MR) is 89.9 cm³/mol. The minimum atomic E-state index is -0.127. The van der Waals surface area contributed by atoms with Gasteiger partial charge in [0.2, 0.25) is 0 Å². The van der Waals surface area contributed by atoms with Crippen molar-refractivity contribution >= 4 is 5.78 Å². The molecule has 2 aromatic rings. The Bertz CT molecular complexity index is 880. The minimum Gasteiger partial charge on any atom is -0.293 e. The molecule has 1 aromatic carbocycles. The highest BCUT2D eigenvalue weighted by Crippen LogP contribution is 2.45. The number of ketones is 1. The number of carbonyl (C=O) groups excluding carboxylic acids is 1. The van der Waals surface area contributed by atoms with E-state index < -0.39 is 0 Å². The molecule has 0 spiro atoms. The van der Waals surface area contributed by atoms with Crippen molar-refractivity contribution < 1.29 is 4.79 Å². The fourth-order valence-corrected chi connectivity index (χ4v) is 4.06. The third-order valence-corrected chi connectivity index (χ3v) is 5.32. The number of rotatable bonds is 1. The molecule has 4 heteroatoms. The Morgan fingerprint density at radius 3 is 2.75 bits per heavy atom. The normalized spacial score (nSPS) is 25.2. The summed E-state index contributed by atoms with van der Waals surface area (Å²) in [7, 11) is 0. The van der Waals surface area contributed by atoms with Crippen LogP contribution in [-0.4, -0.2) is 15.8 Å². The molecule has 0 aliphatic heterocycles. The third kappa shape index (κ3) is 2.16. The number of carbonyl (C=O) groups is 1. The molecule has 0 saturated carbocycles. The molecule has 1 heterocycles. The van der Waals surface area contributed by atoms with Crippen LogP contribution in [0.5, 0.6) is 0 Å². The van der Waals surface area contributed by atoms with Gasteiger partial charge in [0.15, 0.2) is 5.78 Å². The van der Waals surface area contributed by atoms with E-state index in [1.165, 1.54) is 0 Å². The van der Waals surface area contributed by atoms with Crippen LogP contribution < -0.4 is 0 Å². The van der Waals surface area contributed by atoms with Gasteiger partial charge in [0, 0.05) is 23.0 Å². The fraction of sp³-hybridized carbons (Fsp3) is 0.300. The van der Waals surface area contributed by atoms with Crippen molar-refractivity contribution in [1.29, 1.82) is 5.26 Å². The molecular weight excluding hydrogens is 298 g/mol. The Morgan fingerprint density at radius 1 is 1.21 bits per heavy atom. The van der Waals surface area contributed by atoms with Gasteiger partial charge in [0.25, 0.3) is 0 Å². The summed E-state index contributed by atoms with van der Waals surface area (Å²) in [5.41, 5.74) is 4.46. The number of nitrogens with zero attached hydrogens (tertiary/aromatic N) is 3. The van der Waals surface area contributed by atoms with Crippen molar-refractivity contribution in [3.05, 3.63) is 59.6 Å². The van der Waals surface area contributed by atoms with Crippen molar-refractivity contribution in [2.75, 3.05) is 0 Å². The molecule has 0 amide bonds. The van der Waals surface area contributed by atoms with Gasteiger partial charge in [-0.25, -0.2) is 9.97 Å². The van der Waals surface area contributed by atoms with Crippen LogP contribution in [0.4, 0.5) is 0 Å². The predicted octanol–water partition coefficient (Wildman–Crippen LogP) is 3.46. The summed E-state index contributed by atoms with van der Waals surface area (Å²) in [5, 5.41) is 9.28. The summed E-state index contributed by atoms with van der Waals surface area (Å²) in [4.78, 5) is 21.3. The number of allylic oxidation sites excluding steroid dienone is 2. The van der Waals surface area contributed by atoms with Gasteiger partial charge in [-0.3, -0.25) is 4.79 Å². The first-order chi connectivity index (χ1) is 11.7. The summed E-state index contributed by atoms with van der Waals surface area (Å²) in [5.74, 6) is 0.0969. The molecule has 4 nitrogen and oxygen atoms in total. The maximum absolute atomic E-state index is 12.3. The lowest BCUT2D eigenvalue weighted by molar-refractivity contribution is -0.120. The summed E-state index contributed by atoms with van der Waals surface area (Å²) in [6.07, 6.45) is 5.22. The van der Waals surface area contributed by atoms with E-state index >= 15 is 0 Å². The van der Waals surface area contributed by atoms with Crippen molar-refractivity contribution in [3.63, 3.8) is 0 Å². The zero-order valence-electron chi connectivity index (χ0n) is 13.4. The van der Waals surface area contributed by atoms with Crippen molar-refractivity contribution in [2.45, 2.75) is 25.7 Å². The summed E-state index contributed by atoms with van der Waals surface area (Å²) in [6.45, 7) is 1.94. The number of fused-ring (bicyclic) bond motifs is 3. The van der Waals surface area contributed by atoms with Gasteiger partial charge in [0.05, 0.1) is 17.0 Å². The molecule has 1 aromatic heterocycles. The monoisotopic (exact) mass is 315 g/mol. The van der Waals surface area contributed by atoms with Gasteiger partial charge in [-0.2, -0.15) is 5.26 Å². The molecule has 0 radical (unpaired) electrons. The van der Waals surface area contributed by atoms with Crippen molar-refractivity contribution in [3.8, 4) is 17.3 Å². The first-order valence-electron chi connectivity index (χ1n) is 8.26. The molecular formula is C20H17N3O. The van der Waals surface area contributed by atoms with Crippen LogP contribution in [0.3, 0.4) is 0 Å². The van der Waals surface area contributed by atoms with Crippen LogP contribution in [0.1, 0.15) is 30.5 Å². The molecule has 3 atom stereocenters. The van der Waals surface area contributed by atoms with E-state index in [-0.39, 0.29) is 29.1 Å². The van der Waals surface area contributed by atoms with Crippen LogP contribution in [0.25, 0.3) is 11.3 Å². The molecule has 24 heavy (non-hydrogen) atoms. The Labute approximate surface area is 140 Å². The van der Waals surface area contributed by atoms with Gasteiger partial charge < -0.3 is 0 Å². The van der Waals surface area contributed by atoms with Crippen LogP contribution in [0, 0.1) is 23.2 Å². The standard InChI is InChI=1S/C20H17N3O/c1-12-15-7-8-16-18(13-5-3-2-4-6-13)22-11-23-19(16)17(15)9-14(10-21)20(12)24/h2-6,9,11-12,15,17H,7-8H2,1H3. The highest BCUT2D eigenvalue weighted by Gasteiger charge is 2.41. The van der Waals surface area contributed by atoms with Crippen molar-refractivity contribution in [2.24, 2.45) is 11.8 Å². The summed E-state index contributed by atoms with van der Waals surface area (Å²) < 4.78 is 0. The lowest BCUT2D eigenvalue weighted by atomic mass is 9.66. The molecule has 0 N–H and O–H groups in total. The second kappa shape index (κ2) is 5.68. The van der Waals surface area contributed by atoms with E-state index in [1.807, 2.05) is 31.2 Å². The Balaban J connectivity index is 1.87. The molecule has 4 rings (SSSR count). The maximum atomic E-state index is 12.3. The van der Waals surface area contributed by atoms with E-state index in [1.54, 1.807) is 6.33 Å². The van der Waals surface area contributed by atoms with E-state index in [2.05, 4.69) is 28.2 Å². The summed E-state index contributed by atoms with van der Waals surface area (Å²) >= 11 is 0. The van der Waals surface area contributed by atoms with Gasteiger partial charge in [0.1, 0.15) is 12.4 Å². The Hall–Kier alpha value is -2.80. The zero-order chi connectivity index (χ0) is 16.7. The average molecular weight is 315 g/mol. The first kappa shape index (κ1) is 14.8. The first-order valence-corrected chi connectivity index (χ1v) is 8.26. The van der Waals surface area contributed by atoms with Gasteiger partial charge in [-0.05, 0) is 18.8 Å². The van der Waals surface area contributed by atoms with E-state index in [0.717, 1.165) is 35.4 Å². The quantitative estimate of drug-likeness (QED) is 0.808. The molecule has 3 unspecified atom stereocenters. The number of hydrogen-bond acceptors (Lipinski definition) is 4. The number of nitriles is 1. The molecule has 0 fully saturated rings. The fourth-order valence-electron chi connectivity index (χ4n) is 4.06. The number of aromatic nitrogens is 2. The molecule has 118 valence electrons. The van der Waals surface area contributed by atoms with Crippen LogP contribution in [0.15, 0.2) is 48.3 Å². The second-order valence-corrected chi connectivity index (χ2v) is 6.53. The zero-order valence-corrected chi connectivity index (χ0v) is 13.4. The summed E-state index contributed by atoms with van der Waals surface area (Å²) in [6, 6.07) is 12.2. The Morgan fingerprint density at radius 2 is 2.00 bits per heavy atom. The van der Waals surface area contributed by atoms with E-state index in [0.29, 0.717) is 0 Å². The molecule has 2 aliphatic rings. The largest absolute Gasteiger partial charge is 0.293 e. The van der Waals surface area contributed by atoms with Crippen LogP contribution >= 0.6 is 0 Å². The van der Waals surface area contributed by atoms with Crippen molar-refractivity contribution in [1.82, 2.24) is 9.97 Å². The second-order valence-electron chi connectivity index (χ2n) is 6.53. The highest BCUT2D eigenvalue weighted by atomic mass is 16.1. The number of hydrogen-bond donors (Lipinski definition) is 0. The average Bonchev–Trinajstić information content (AvgIpc) is 2.64. The SMILES string of the molecule is CC1C(=O)C(C#N)=CC2c3ncnc(-c4ccccc4)c3CCC12. The lowest BCUT2D eigenvalue weighted by Gasteiger charge is -2.37. The van der Waals surface area contributed by atoms with E-state index in [9.17, 15) is 10.1 Å². The highest BCUT2D eigenvalue weighted by molar-refractivity contribution is 6.01. The molecule has 0 bridgehead atoms. The third-order valence-electron chi connectivity index (χ3n) is 5.32. The van der Waals surface area contributed by atoms with Gasteiger partial charge >= 0.3 is 0 Å². The van der Waals surface area contributed by atoms with Gasteiger partial charge in [-0.15, -0.1) is 0 Å². The Kier molecular flexibility index (Phi) is 3.50. The van der Waals surface area contributed by atoms with Crippen LogP contribution in [0.2, 0.25) is 0 Å².